The lowest BCUT2D eigenvalue weighted by Gasteiger charge is -2.16. The molecule has 1 aromatic heterocycles. The number of hydrogen-bond acceptors (Lipinski definition) is 5. The molecule has 8 heteroatoms. The highest BCUT2D eigenvalue weighted by atomic mass is 32.1. The molecule has 0 bridgehead atoms. The first-order chi connectivity index (χ1) is 10.1. The number of primary amides is 1. The Labute approximate surface area is 128 Å². The van der Waals surface area contributed by atoms with Crippen LogP contribution in [0, 0.1) is 0 Å². The van der Waals surface area contributed by atoms with Crippen LogP contribution in [0.5, 0.6) is 0 Å². The van der Waals surface area contributed by atoms with E-state index in [0.29, 0.717) is 19.7 Å². The largest absolute Gasteiger partial charge is 0.383 e. The van der Waals surface area contributed by atoms with E-state index in [4.69, 9.17) is 10.5 Å². The monoisotopic (exact) mass is 314 g/mol. The molecule has 0 aliphatic carbocycles. The fourth-order valence-electron chi connectivity index (χ4n) is 1.73. The molecule has 0 aliphatic rings. The highest BCUT2D eigenvalue weighted by molar-refractivity contribution is 7.10. The lowest BCUT2D eigenvalue weighted by Crippen LogP contribution is -2.38. The van der Waals surface area contributed by atoms with Crippen LogP contribution in [0.25, 0.3) is 0 Å². The maximum Gasteiger partial charge on any atom is 0.312 e. The van der Waals surface area contributed by atoms with Gasteiger partial charge >= 0.3 is 6.03 Å². The minimum absolute atomic E-state index is 0.129. The zero-order valence-corrected chi connectivity index (χ0v) is 12.9. The average molecular weight is 314 g/mol. The second kappa shape index (κ2) is 10.1. The van der Waals surface area contributed by atoms with Crippen molar-refractivity contribution in [2.45, 2.75) is 12.5 Å². The van der Waals surface area contributed by atoms with Crippen molar-refractivity contribution in [3.05, 3.63) is 22.4 Å². The third-order valence-corrected chi connectivity index (χ3v) is 3.69. The van der Waals surface area contributed by atoms with Gasteiger partial charge in [0.15, 0.2) is 0 Å². The standard InChI is InChI=1S/C13H22N4O3S/c1-20-7-6-15-4-5-16-12(18)9-10(17-13(14)19)11-3-2-8-21-11/h2-3,8,10,15H,4-7,9H2,1H3,(H,16,18)(H3,14,17,19). The summed E-state index contributed by atoms with van der Waals surface area (Å²) in [5.41, 5.74) is 5.14. The van der Waals surface area contributed by atoms with Gasteiger partial charge < -0.3 is 26.4 Å². The molecule has 21 heavy (non-hydrogen) atoms. The predicted molar refractivity (Wildman–Crippen MR) is 82.2 cm³/mol. The van der Waals surface area contributed by atoms with E-state index in [9.17, 15) is 9.59 Å². The lowest BCUT2D eigenvalue weighted by molar-refractivity contribution is -0.121. The van der Waals surface area contributed by atoms with Gasteiger partial charge in [-0.05, 0) is 11.4 Å². The van der Waals surface area contributed by atoms with E-state index in [2.05, 4.69) is 16.0 Å². The number of rotatable bonds is 10. The van der Waals surface area contributed by atoms with Gasteiger partial charge in [-0.25, -0.2) is 4.79 Å². The maximum atomic E-state index is 11.9. The molecule has 0 spiro atoms. The van der Waals surface area contributed by atoms with Crippen LogP contribution in [-0.2, 0) is 9.53 Å². The maximum absolute atomic E-state index is 11.9. The van der Waals surface area contributed by atoms with Crippen molar-refractivity contribution in [2.24, 2.45) is 5.73 Å². The van der Waals surface area contributed by atoms with Crippen molar-refractivity contribution in [1.82, 2.24) is 16.0 Å². The second-order valence-electron chi connectivity index (χ2n) is 4.37. The number of thiophene rings is 1. The quantitative estimate of drug-likeness (QED) is 0.463. The normalized spacial score (nSPS) is 11.9. The summed E-state index contributed by atoms with van der Waals surface area (Å²) in [5.74, 6) is -0.129. The lowest BCUT2D eigenvalue weighted by atomic mass is 10.1. The molecule has 0 saturated carbocycles. The van der Waals surface area contributed by atoms with Crippen molar-refractivity contribution < 1.29 is 14.3 Å². The average Bonchev–Trinajstić information content (AvgIpc) is 2.95. The SMILES string of the molecule is COCCNCCNC(=O)CC(NC(N)=O)c1cccs1. The Balaban J connectivity index is 2.30. The third-order valence-electron chi connectivity index (χ3n) is 2.70. The first-order valence-corrected chi connectivity index (χ1v) is 7.57. The fraction of sp³-hybridized carbons (Fsp3) is 0.538. The van der Waals surface area contributed by atoms with Gasteiger partial charge in [-0.1, -0.05) is 6.07 Å². The number of carbonyl (C=O) groups excluding carboxylic acids is 2. The fourth-order valence-corrected chi connectivity index (χ4v) is 2.51. The number of nitrogens with two attached hydrogens (primary N) is 1. The van der Waals surface area contributed by atoms with Gasteiger partial charge in [-0.15, -0.1) is 11.3 Å². The van der Waals surface area contributed by atoms with Gasteiger partial charge in [0, 0.05) is 31.6 Å². The van der Waals surface area contributed by atoms with Crippen LogP contribution in [0.2, 0.25) is 0 Å². The van der Waals surface area contributed by atoms with Crippen LogP contribution >= 0.6 is 11.3 Å². The molecule has 1 aromatic rings. The smallest absolute Gasteiger partial charge is 0.312 e. The minimum Gasteiger partial charge on any atom is -0.383 e. The third kappa shape index (κ3) is 7.64. The van der Waals surface area contributed by atoms with Crippen LogP contribution in [0.3, 0.4) is 0 Å². The van der Waals surface area contributed by atoms with Crippen molar-refractivity contribution in [1.29, 1.82) is 0 Å². The second-order valence-corrected chi connectivity index (χ2v) is 5.35. The Hall–Kier alpha value is -1.64. The van der Waals surface area contributed by atoms with Gasteiger partial charge in [0.05, 0.1) is 19.1 Å². The van der Waals surface area contributed by atoms with Gasteiger partial charge in [-0.3, -0.25) is 4.79 Å². The van der Waals surface area contributed by atoms with E-state index in [1.807, 2.05) is 17.5 Å². The van der Waals surface area contributed by atoms with Gasteiger partial charge in [0.1, 0.15) is 0 Å². The Morgan fingerprint density at radius 1 is 1.38 bits per heavy atom. The van der Waals surface area contributed by atoms with Crippen LogP contribution in [0.4, 0.5) is 4.79 Å². The summed E-state index contributed by atoms with van der Waals surface area (Å²) in [7, 11) is 1.64. The molecule has 1 atom stereocenters. The van der Waals surface area contributed by atoms with Crippen molar-refractivity contribution in [3.63, 3.8) is 0 Å². The molecule has 1 unspecified atom stereocenters. The van der Waals surface area contributed by atoms with Gasteiger partial charge in [-0.2, -0.15) is 0 Å². The van der Waals surface area contributed by atoms with Crippen LogP contribution in [0.1, 0.15) is 17.3 Å². The van der Waals surface area contributed by atoms with Crippen LogP contribution in [-0.4, -0.2) is 45.3 Å². The molecule has 0 fully saturated rings. The number of methoxy groups -OCH3 is 1. The van der Waals surface area contributed by atoms with E-state index >= 15 is 0 Å². The summed E-state index contributed by atoms with van der Waals surface area (Å²) in [5, 5.41) is 10.4. The van der Waals surface area contributed by atoms with E-state index in [0.717, 1.165) is 11.4 Å². The molecule has 0 aliphatic heterocycles. The van der Waals surface area contributed by atoms with E-state index in [1.165, 1.54) is 11.3 Å². The number of urea groups is 1. The van der Waals surface area contributed by atoms with E-state index in [1.54, 1.807) is 7.11 Å². The molecule has 1 rings (SSSR count). The first-order valence-electron chi connectivity index (χ1n) is 6.69. The molecule has 118 valence electrons. The summed E-state index contributed by atoms with van der Waals surface area (Å²) in [6.45, 7) is 2.57. The summed E-state index contributed by atoms with van der Waals surface area (Å²) >= 11 is 1.48. The van der Waals surface area contributed by atoms with Crippen molar-refractivity contribution in [2.75, 3.05) is 33.4 Å². The zero-order chi connectivity index (χ0) is 15.5. The molecule has 0 saturated heterocycles. The number of nitrogens with one attached hydrogen (secondary N) is 3. The molecular weight excluding hydrogens is 292 g/mol. The summed E-state index contributed by atoms with van der Waals surface area (Å²) in [6, 6.07) is 2.71. The molecule has 1 heterocycles. The first kappa shape index (κ1) is 17.4. The highest BCUT2D eigenvalue weighted by Crippen LogP contribution is 2.21. The number of amides is 3. The van der Waals surface area contributed by atoms with Crippen molar-refractivity contribution >= 4 is 23.3 Å². The number of hydrogen-bond donors (Lipinski definition) is 4. The molecule has 5 N–H and O–H groups in total. The summed E-state index contributed by atoms with van der Waals surface area (Å²) in [4.78, 5) is 23.8. The molecule has 7 nitrogen and oxygen atoms in total. The minimum atomic E-state index is -0.637. The van der Waals surface area contributed by atoms with Gasteiger partial charge in [0.2, 0.25) is 5.91 Å². The number of carbonyl (C=O) groups is 2. The zero-order valence-electron chi connectivity index (χ0n) is 12.1. The predicted octanol–water partition coefficient (Wildman–Crippen LogP) is 0.200. The van der Waals surface area contributed by atoms with Crippen LogP contribution in [0.15, 0.2) is 17.5 Å². The van der Waals surface area contributed by atoms with Gasteiger partial charge in [0.25, 0.3) is 0 Å². The Bertz CT molecular complexity index is 425. The topological polar surface area (TPSA) is 105 Å². The molecular formula is C13H22N4O3S. The summed E-state index contributed by atoms with van der Waals surface area (Å²) < 4.78 is 4.90. The Morgan fingerprint density at radius 3 is 2.81 bits per heavy atom. The number of ether oxygens (including phenoxy) is 1. The molecule has 0 radical (unpaired) electrons. The van der Waals surface area contributed by atoms with E-state index in [-0.39, 0.29) is 18.4 Å². The summed E-state index contributed by atoms with van der Waals surface area (Å²) in [6.07, 6.45) is 0.168. The highest BCUT2D eigenvalue weighted by Gasteiger charge is 2.17. The Kier molecular flexibility index (Phi) is 8.41. The van der Waals surface area contributed by atoms with Crippen molar-refractivity contribution in [3.8, 4) is 0 Å². The Morgan fingerprint density at radius 2 is 2.19 bits per heavy atom. The van der Waals surface area contributed by atoms with E-state index < -0.39 is 6.03 Å². The molecule has 3 amide bonds. The van der Waals surface area contributed by atoms with Crippen LogP contribution < -0.4 is 21.7 Å². The molecule has 0 aromatic carbocycles.